The molecule has 0 spiro atoms. The van der Waals surface area contributed by atoms with Gasteiger partial charge in [0.15, 0.2) is 0 Å². The highest BCUT2D eigenvalue weighted by Gasteiger charge is 2.55. The molecule has 2 atom stereocenters. The van der Waals surface area contributed by atoms with Crippen LogP contribution in [0, 0.1) is 5.41 Å². The van der Waals surface area contributed by atoms with Gasteiger partial charge in [0.2, 0.25) is 10.2 Å². The highest BCUT2D eigenvalue weighted by molar-refractivity contribution is 9.27. The maximum absolute atomic E-state index is 11.8. The van der Waals surface area contributed by atoms with Gasteiger partial charge in [0.25, 0.3) is 0 Å². The van der Waals surface area contributed by atoms with Crippen LogP contribution in [0.3, 0.4) is 0 Å². The van der Waals surface area contributed by atoms with Crippen molar-refractivity contribution >= 4 is 208 Å². The lowest BCUT2D eigenvalue weighted by atomic mass is 9.70. The van der Waals surface area contributed by atoms with Gasteiger partial charge in [-0.25, -0.2) is 0 Å². The lowest BCUT2D eigenvalue weighted by Crippen LogP contribution is -2.48. The van der Waals surface area contributed by atoms with Crippen LogP contribution in [0.2, 0.25) is 0 Å². The van der Waals surface area contributed by atoms with Crippen molar-refractivity contribution in [3.8, 4) is 0 Å². The molecule has 2 rings (SSSR count). The smallest absolute Gasteiger partial charge is 0.214 e. The van der Waals surface area contributed by atoms with Gasteiger partial charge in [-0.2, -0.15) is 47.0 Å². The number of rotatable bonds is 18. The summed E-state index contributed by atoms with van der Waals surface area (Å²) >= 11 is 42.9. The summed E-state index contributed by atoms with van der Waals surface area (Å²) in [5.41, 5.74) is 3.70. The van der Waals surface area contributed by atoms with E-state index >= 15 is 0 Å². The number of halogens is 8. The van der Waals surface area contributed by atoms with E-state index in [1.54, 1.807) is 13.8 Å². The summed E-state index contributed by atoms with van der Waals surface area (Å²) in [7, 11) is 0. The first kappa shape index (κ1) is 47.4. The number of alkyl halides is 8. The number of carbonyl (C=O) groups is 2. The van der Waals surface area contributed by atoms with Crippen LogP contribution in [-0.2, 0) is 9.59 Å². The van der Waals surface area contributed by atoms with Crippen LogP contribution in [-0.4, -0.2) is 79.7 Å². The lowest BCUT2D eigenvalue weighted by Gasteiger charge is -2.49. The van der Waals surface area contributed by atoms with Crippen molar-refractivity contribution < 1.29 is 9.59 Å². The molecule has 2 aliphatic carbocycles. The van der Waals surface area contributed by atoms with Gasteiger partial charge in [0, 0.05) is 51.4 Å². The maximum Gasteiger partial charge on any atom is 0.214 e. The van der Waals surface area contributed by atoms with Gasteiger partial charge in [0.05, 0.1) is 17.0 Å². The monoisotopic (exact) mass is 1270 g/mol. The van der Waals surface area contributed by atoms with Crippen molar-refractivity contribution in [2.45, 2.75) is 64.0 Å². The van der Waals surface area contributed by atoms with Crippen molar-refractivity contribution in [2.24, 2.45) is 5.41 Å². The summed E-state index contributed by atoms with van der Waals surface area (Å²) in [6.07, 6.45) is 6.44. The van der Waals surface area contributed by atoms with Crippen LogP contribution in [0.1, 0.15) is 40.5 Å². The van der Waals surface area contributed by atoms with Crippen LogP contribution < -0.4 is 0 Å². The Labute approximate surface area is 375 Å². The quantitative estimate of drug-likeness (QED) is 0.0581. The number of hydrogen-bond donors (Lipinski definition) is 0. The van der Waals surface area contributed by atoms with Crippen molar-refractivity contribution in [3.63, 3.8) is 0 Å². The summed E-state index contributed by atoms with van der Waals surface area (Å²) in [6, 6.07) is 0. The van der Waals surface area contributed by atoms with Gasteiger partial charge >= 0.3 is 0 Å². The van der Waals surface area contributed by atoms with E-state index < -0.39 is 6.47 Å². The van der Waals surface area contributed by atoms with Gasteiger partial charge in [0.1, 0.15) is 6.47 Å². The molecule has 2 aliphatic rings. The number of allylic oxidation sites excluding steroid dienone is 4. The van der Waals surface area contributed by atoms with E-state index in [1.807, 2.05) is 47.0 Å². The number of carbonyl (C=O) groups excluding carboxylic acids is 2. The third-order valence-corrected chi connectivity index (χ3v) is 23.6. The van der Waals surface area contributed by atoms with Crippen LogP contribution in [0.25, 0.3) is 0 Å². The Balaban J connectivity index is 2.04. The molecule has 0 N–H and O–H groups in total. The minimum Gasteiger partial charge on any atom is -0.282 e. The first-order valence-corrected chi connectivity index (χ1v) is 27.3. The number of hydrogen-bond acceptors (Lipinski definition) is 8. The first-order valence-electron chi connectivity index (χ1n) is 14.5. The molecule has 2 unspecified atom stereocenters. The minimum atomic E-state index is -0.404. The lowest BCUT2D eigenvalue weighted by molar-refractivity contribution is -0.108. The van der Waals surface area contributed by atoms with E-state index in [-0.39, 0.29) is 32.6 Å². The van der Waals surface area contributed by atoms with E-state index in [9.17, 15) is 9.59 Å². The fourth-order valence-electron chi connectivity index (χ4n) is 4.74. The fourth-order valence-corrected chi connectivity index (χ4v) is 22.0. The van der Waals surface area contributed by atoms with Gasteiger partial charge in [-0.1, -0.05) is 201 Å². The van der Waals surface area contributed by atoms with Crippen LogP contribution in [0.15, 0.2) is 47.6 Å². The molecule has 0 aromatic heterocycles. The highest BCUT2D eigenvalue weighted by atomic mass is 79.9. The largest absolute Gasteiger partial charge is 0.282 e. The molecule has 0 amide bonds. The second kappa shape index (κ2) is 21.0. The molecule has 0 saturated carbocycles. The number of thioether (sulfide) groups is 6. The standard InChI is InChI=1S/C31H40Br8O2S6/c1-19(2)23(40)44-11-7-42-9-13-46-25-28(32,33)15-21(16-29(25,34)35)27(5,6)22-17-30(36,37)26(31(38,39)18-22)47-14-10-43-8-12-45-24(41)20(3)4/h15,17,25-26H,1,3,7-14,16,18H2,2,4-6H3. The average Bonchev–Trinajstić information content (AvgIpc) is 2.92. The Hall–Kier alpha value is 4.24. The Kier molecular flexibility index (Phi) is 21.1. The predicted molar refractivity (Wildman–Crippen MR) is 253 cm³/mol. The van der Waals surface area contributed by atoms with Crippen LogP contribution in [0.5, 0.6) is 0 Å². The van der Waals surface area contributed by atoms with E-state index in [1.165, 1.54) is 34.7 Å². The molecule has 0 aromatic rings. The Morgan fingerprint density at radius 3 is 1.28 bits per heavy atom. The Bertz CT molecular complexity index is 1130. The Morgan fingerprint density at radius 2 is 0.979 bits per heavy atom. The molecule has 0 fully saturated rings. The van der Waals surface area contributed by atoms with Crippen molar-refractivity contribution in [1.82, 2.24) is 0 Å². The van der Waals surface area contributed by atoms with Crippen LogP contribution >= 0.6 is 198 Å². The topological polar surface area (TPSA) is 34.1 Å². The molecule has 268 valence electrons. The molecule has 0 aromatic carbocycles. The normalized spacial score (nSPS) is 23.1. The predicted octanol–water partition coefficient (Wildman–Crippen LogP) is 14.0. The molecule has 0 bridgehead atoms. The molecule has 47 heavy (non-hydrogen) atoms. The minimum absolute atomic E-state index is 0.0874. The summed E-state index contributed by atoms with van der Waals surface area (Å²) < 4.78 is -1.43. The summed E-state index contributed by atoms with van der Waals surface area (Å²) in [5.74, 6) is 7.58. The molecule has 2 nitrogen and oxygen atoms in total. The molecule has 0 saturated heterocycles. The van der Waals surface area contributed by atoms with Gasteiger partial charge < -0.3 is 0 Å². The average molecular weight is 1280 g/mol. The van der Waals surface area contributed by atoms with Crippen molar-refractivity contribution in [2.75, 3.05) is 46.0 Å². The molecule has 0 radical (unpaired) electrons. The zero-order chi connectivity index (χ0) is 35.8. The van der Waals surface area contributed by atoms with E-state index in [0.717, 1.165) is 58.9 Å². The van der Waals surface area contributed by atoms with E-state index in [0.29, 0.717) is 11.1 Å². The molecular formula is C31H40Br8O2S6. The second-order valence-electron chi connectivity index (χ2n) is 11.7. The second-order valence-corrected chi connectivity index (χ2v) is 33.9. The van der Waals surface area contributed by atoms with Gasteiger partial charge in [-0.05, 0) is 37.8 Å². The molecular weight excluding hydrogens is 1240 g/mol. The highest BCUT2D eigenvalue weighted by Crippen LogP contribution is 2.63. The molecule has 0 heterocycles. The van der Waals surface area contributed by atoms with Crippen molar-refractivity contribution in [1.29, 1.82) is 0 Å². The van der Waals surface area contributed by atoms with Gasteiger partial charge in [-0.15, -0.1) is 0 Å². The summed E-state index contributed by atoms with van der Waals surface area (Å²) in [6.45, 7) is 15.6. The summed E-state index contributed by atoms with van der Waals surface area (Å²) in [4.78, 5) is 23.5. The van der Waals surface area contributed by atoms with Crippen LogP contribution in [0.4, 0.5) is 0 Å². The van der Waals surface area contributed by atoms with Gasteiger partial charge in [-0.3, -0.25) is 9.59 Å². The zero-order valence-electron chi connectivity index (χ0n) is 26.6. The Morgan fingerprint density at radius 1 is 0.660 bits per heavy atom. The maximum atomic E-state index is 11.8. The van der Waals surface area contributed by atoms with Crippen molar-refractivity contribution in [3.05, 3.63) is 47.6 Å². The zero-order valence-corrected chi connectivity index (χ0v) is 44.2. The SMILES string of the molecule is C=C(C)C(=O)SCCSCCSC1C(Br)(Br)C=C(C(C)(C)C2=CC(Br)(Br)C(SCCSCCSC(=O)C(=C)C)C(Br)(Br)C2)CC1(Br)Br. The fraction of sp³-hybridized carbons (Fsp3) is 0.677. The van der Waals surface area contributed by atoms with E-state index in [2.05, 4.69) is 167 Å². The first-order chi connectivity index (χ1) is 21.5. The molecule has 0 aliphatic heterocycles. The third kappa shape index (κ3) is 15.0. The third-order valence-electron chi connectivity index (χ3n) is 7.30. The molecule has 16 heteroatoms. The summed E-state index contributed by atoms with van der Waals surface area (Å²) in [5, 5.41) is 0.557. The van der Waals surface area contributed by atoms with E-state index in [4.69, 9.17) is 0 Å².